The second-order valence-corrected chi connectivity index (χ2v) is 10.1. The summed E-state index contributed by atoms with van der Waals surface area (Å²) in [6, 6.07) is 8.14. The van der Waals surface area contributed by atoms with E-state index in [0.29, 0.717) is 28.6 Å². The Morgan fingerprint density at radius 3 is 2.56 bits per heavy atom. The largest absolute Gasteiger partial charge is 0.356 e. The van der Waals surface area contributed by atoms with Crippen molar-refractivity contribution in [2.24, 2.45) is 0 Å². The van der Waals surface area contributed by atoms with Gasteiger partial charge in [-0.25, -0.2) is 22.5 Å². The predicted molar refractivity (Wildman–Crippen MR) is 130 cm³/mol. The molecule has 0 bridgehead atoms. The van der Waals surface area contributed by atoms with E-state index < -0.39 is 21.8 Å². The number of nitrogens with zero attached hydrogens (tertiary/aromatic N) is 4. The van der Waals surface area contributed by atoms with Gasteiger partial charge in [0.25, 0.3) is 5.91 Å². The monoisotopic (exact) mass is 510 g/mol. The molecular weight excluding hydrogens is 487 g/mol. The molecule has 12 heteroatoms. The molecule has 4 aromatic rings. The van der Waals surface area contributed by atoms with Crippen molar-refractivity contribution in [3.8, 4) is 5.69 Å². The highest BCUT2D eigenvalue weighted by atomic mass is 32.2. The normalized spacial score (nSPS) is 12.3. The first-order chi connectivity index (χ1) is 17.1. The summed E-state index contributed by atoms with van der Waals surface area (Å²) in [6.07, 6.45) is 7.20. The fourth-order valence-electron chi connectivity index (χ4n) is 3.71. The molecule has 0 fully saturated rings. The Hall–Kier alpha value is -4.19. The highest BCUT2D eigenvalue weighted by Crippen LogP contribution is 2.23. The van der Waals surface area contributed by atoms with Gasteiger partial charge in [-0.15, -0.1) is 0 Å². The van der Waals surface area contributed by atoms with Crippen LogP contribution in [0.4, 0.5) is 4.39 Å². The van der Waals surface area contributed by atoms with Crippen LogP contribution in [0.2, 0.25) is 0 Å². The summed E-state index contributed by atoms with van der Waals surface area (Å²) in [5, 5.41) is 10.3. The molecule has 0 unspecified atom stereocenters. The molecule has 0 aliphatic carbocycles. The van der Waals surface area contributed by atoms with Crippen molar-refractivity contribution in [1.29, 1.82) is 0 Å². The van der Waals surface area contributed by atoms with E-state index in [2.05, 4.69) is 25.7 Å². The topological polar surface area (TPSA) is 136 Å². The first-order valence-corrected chi connectivity index (χ1v) is 12.8. The maximum atomic E-state index is 13.4. The molecule has 0 saturated heterocycles. The number of rotatable bonds is 8. The standard InChI is InChI=1S/C24H23FN6O4S/c1-15(32)27-10-8-21(16-7-9-28-23(11-16)36(2,34)35)30-24(33)20-12-26-14-22-19(20)13-29-31(22)18-5-3-17(25)4-6-18/h3-7,9,11-14,21H,8,10H2,1-2H3,(H,27,32)(H,30,33)/t21-/m0/s1. The fourth-order valence-corrected chi connectivity index (χ4v) is 4.31. The average Bonchev–Trinajstić information content (AvgIpc) is 3.27. The lowest BCUT2D eigenvalue weighted by atomic mass is 10.0. The summed E-state index contributed by atoms with van der Waals surface area (Å²) in [4.78, 5) is 32.8. The number of hydrogen-bond acceptors (Lipinski definition) is 7. The third-order valence-electron chi connectivity index (χ3n) is 5.47. The van der Waals surface area contributed by atoms with Crippen molar-refractivity contribution in [2.75, 3.05) is 12.8 Å². The van der Waals surface area contributed by atoms with Gasteiger partial charge in [-0.3, -0.25) is 14.6 Å². The second kappa shape index (κ2) is 10.2. The lowest BCUT2D eigenvalue weighted by molar-refractivity contribution is -0.118. The minimum atomic E-state index is -3.57. The Bertz CT molecular complexity index is 1540. The zero-order valence-electron chi connectivity index (χ0n) is 19.5. The molecule has 10 nitrogen and oxygen atoms in total. The number of sulfone groups is 1. The Morgan fingerprint density at radius 1 is 1.11 bits per heavy atom. The van der Waals surface area contributed by atoms with Crippen molar-refractivity contribution >= 4 is 32.6 Å². The maximum Gasteiger partial charge on any atom is 0.254 e. The SMILES string of the molecule is CC(=O)NCC[C@H](NC(=O)c1cncc2c1cnn2-c1ccc(F)cc1)c1ccnc(S(C)(=O)=O)c1. The van der Waals surface area contributed by atoms with Crippen LogP contribution in [0.15, 0.2) is 66.2 Å². The molecular formula is C24H23FN6O4S. The molecule has 0 saturated carbocycles. The second-order valence-electron chi connectivity index (χ2n) is 8.15. The van der Waals surface area contributed by atoms with Crippen LogP contribution in [-0.2, 0) is 14.6 Å². The Morgan fingerprint density at radius 2 is 1.86 bits per heavy atom. The summed E-state index contributed by atoms with van der Waals surface area (Å²) < 4.78 is 38.9. The van der Waals surface area contributed by atoms with Gasteiger partial charge in [-0.1, -0.05) is 0 Å². The highest BCUT2D eigenvalue weighted by molar-refractivity contribution is 7.90. The van der Waals surface area contributed by atoms with Crippen LogP contribution in [0, 0.1) is 5.82 Å². The molecule has 1 aromatic carbocycles. The molecule has 186 valence electrons. The van der Waals surface area contributed by atoms with Crippen LogP contribution in [0.25, 0.3) is 16.6 Å². The van der Waals surface area contributed by atoms with Crippen molar-refractivity contribution < 1.29 is 22.4 Å². The predicted octanol–water partition coefficient (Wildman–Crippen LogP) is 2.36. The molecule has 2 amide bonds. The number of benzene rings is 1. The van der Waals surface area contributed by atoms with Gasteiger partial charge in [0.2, 0.25) is 5.91 Å². The van der Waals surface area contributed by atoms with E-state index in [1.165, 1.54) is 43.7 Å². The summed E-state index contributed by atoms with van der Waals surface area (Å²) in [5.41, 5.74) is 1.92. The third-order valence-corrected chi connectivity index (χ3v) is 6.45. The first kappa shape index (κ1) is 24.9. The molecule has 1 atom stereocenters. The number of hydrogen-bond donors (Lipinski definition) is 2. The lowest BCUT2D eigenvalue weighted by Crippen LogP contribution is -2.32. The van der Waals surface area contributed by atoms with Gasteiger partial charge in [0.05, 0.1) is 35.2 Å². The van der Waals surface area contributed by atoms with Gasteiger partial charge in [-0.2, -0.15) is 5.10 Å². The van der Waals surface area contributed by atoms with E-state index in [4.69, 9.17) is 0 Å². The van der Waals surface area contributed by atoms with Gasteiger partial charge in [0.15, 0.2) is 14.9 Å². The molecule has 0 aliphatic rings. The smallest absolute Gasteiger partial charge is 0.254 e. The van der Waals surface area contributed by atoms with Crippen molar-refractivity contribution in [2.45, 2.75) is 24.4 Å². The van der Waals surface area contributed by atoms with E-state index in [0.717, 1.165) is 6.26 Å². The molecule has 0 spiro atoms. The number of aromatic nitrogens is 4. The Kier molecular flexibility index (Phi) is 7.06. The Balaban J connectivity index is 1.66. The van der Waals surface area contributed by atoms with E-state index in [-0.39, 0.29) is 28.9 Å². The minimum absolute atomic E-state index is 0.122. The average molecular weight is 511 g/mol. The third kappa shape index (κ3) is 5.54. The number of fused-ring (bicyclic) bond motifs is 1. The van der Waals surface area contributed by atoms with E-state index in [1.54, 1.807) is 29.1 Å². The number of halogens is 1. The van der Waals surface area contributed by atoms with Gasteiger partial charge >= 0.3 is 0 Å². The van der Waals surface area contributed by atoms with Crippen molar-refractivity contribution in [3.05, 3.63) is 78.1 Å². The number of carbonyl (C=O) groups is 2. The fraction of sp³-hybridized carbons (Fsp3) is 0.208. The van der Waals surface area contributed by atoms with Crippen LogP contribution in [0.5, 0.6) is 0 Å². The first-order valence-electron chi connectivity index (χ1n) is 10.9. The molecule has 0 aliphatic heterocycles. The summed E-state index contributed by atoms with van der Waals surface area (Å²) >= 11 is 0. The van der Waals surface area contributed by atoms with Gasteiger partial charge in [0.1, 0.15) is 5.82 Å². The zero-order chi connectivity index (χ0) is 25.9. The van der Waals surface area contributed by atoms with Gasteiger partial charge < -0.3 is 10.6 Å². The molecule has 3 heterocycles. The zero-order valence-corrected chi connectivity index (χ0v) is 20.3. The van der Waals surface area contributed by atoms with E-state index in [1.807, 2.05) is 0 Å². The summed E-state index contributed by atoms with van der Waals surface area (Å²) in [5.74, 6) is -1.07. The van der Waals surface area contributed by atoms with Gasteiger partial charge in [0, 0.05) is 37.5 Å². The minimum Gasteiger partial charge on any atom is -0.356 e. The number of carbonyl (C=O) groups excluding carboxylic acids is 2. The van der Waals surface area contributed by atoms with Crippen molar-refractivity contribution in [3.63, 3.8) is 0 Å². The highest BCUT2D eigenvalue weighted by Gasteiger charge is 2.21. The lowest BCUT2D eigenvalue weighted by Gasteiger charge is -2.20. The van der Waals surface area contributed by atoms with E-state index in [9.17, 15) is 22.4 Å². The van der Waals surface area contributed by atoms with Crippen LogP contribution in [0.3, 0.4) is 0 Å². The number of nitrogens with one attached hydrogen (secondary N) is 2. The van der Waals surface area contributed by atoms with Crippen LogP contribution in [0.1, 0.15) is 35.3 Å². The van der Waals surface area contributed by atoms with Crippen LogP contribution >= 0.6 is 0 Å². The van der Waals surface area contributed by atoms with Crippen LogP contribution < -0.4 is 10.6 Å². The molecule has 4 rings (SSSR count). The number of pyridine rings is 2. The summed E-state index contributed by atoms with van der Waals surface area (Å²) in [6.45, 7) is 1.63. The Labute approximate surface area is 206 Å². The molecule has 36 heavy (non-hydrogen) atoms. The quantitative estimate of drug-likeness (QED) is 0.371. The van der Waals surface area contributed by atoms with Crippen LogP contribution in [-0.4, -0.2) is 52.8 Å². The number of amides is 2. The van der Waals surface area contributed by atoms with Crippen molar-refractivity contribution in [1.82, 2.24) is 30.4 Å². The maximum absolute atomic E-state index is 13.4. The molecule has 2 N–H and O–H groups in total. The van der Waals surface area contributed by atoms with Gasteiger partial charge in [-0.05, 0) is 48.4 Å². The summed E-state index contributed by atoms with van der Waals surface area (Å²) in [7, 11) is -3.57. The molecule has 3 aromatic heterocycles. The van der Waals surface area contributed by atoms with E-state index >= 15 is 0 Å². The molecule has 0 radical (unpaired) electrons.